The van der Waals surface area contributed by atoms with Crippen molar-refractivity contribution in [3.8, 4) is 0 Å². The highest BCUT2D eigenvalue weighted by atomic mass is 19.1. The van der Waals surface area contributed by atoms with Crippen LogP contribution in [0.1, 0.15) is 56.3 Å². The molecule has 2 aromatic carbocycles. The molecular weight excluding hydrogens is 323 g/mol. The topological polar surface area (TPSA) is 24.1 Å². The first kappa shape index (κ1) is 20.2. The number of hydrogen-bond donors (Lipinski definition) is 2. The number of rotatable bonds is 7. The Balaban J connectivity index is 0.00000117. The Hall–Kier alpha value is -2.13. The Labute approximate surface area is 157 Å². The van der Waals surface area contributed by atoms with Crippen LogP contribution in [0.3, 0.4) is 0 Å². The largest absolute Gasteiger partial charge is 0.357 e. The molecule has 2 aromatic rings. The normalized spacial score (nSPS) is 14.2. The lowest BCUT2D eigenvalue weighted by atomic mass is 9.96. The second-order valence-corrected chi connectivity index (χ2v) is 6.84. The number of aryl methyl sites for hydroxylation is 1. The van der Waals surface area contributed by atoms with Crippen molar-refractivity contribution < 1.29 is 4.39 Å². The second-order valence-electron chi connectivity index (χ2n) is 6.84. The lowest BCUT2D eigenvalue weighted by molar-refractivity contribution is 0.571. The van der Waals surface area contributed by atoms with E-state index < -0.39 is 0 Å². The summed E-state index contributed by atoms with van der Waals surface area (Å²) in [5.41, 5.74) is 4.71. The fourth-order valence-electron chi connectivity index (χ4n) is 2.93. The molecule has 0 aromatic heterocycles. The number of hydrogen-bond acceptors (Lipinski definition) is 2. The van der Waals surface area contributed by atoms with Crippen molar-refractivity contribution in [2.45, 2.75) is 46.6 Å². The standard InChI is InChI=1S/C21H25FN2.C2H6/c1-14(2)24-20-12-18(9-10-19(20)22)21(23-13-16-7-8-16)17-6-4-5-15(3)11-17;1-2/h4-6,9-12,16,21,23-24H,1,7-8,13H2,2-3H3;1-2H3. The number of halogens is 1. The Kier molecular flexibility index (Phi) is 7.40. The molecule has 0 aliphatic heterocycles. The van der Waals surface area contributed by atoms with E-state index in [-0.39, 0.29) is 11.9 Å². The molecule has 1 saturated carbocycles. The van der Waals surface area contributed by atoms with Gasteiger partial charge in [-0.15, -0.1) is 0 Å². The zero-order valence-corrected chi connectivity index (χ0v) is 16.4. The number of allylic oxidation sites excluding steroid dienone is 1. The summed E-state index contributed by atoms with van der Waals surface area (Å²) < 4.78 is 14.1. The van der Waals surface area contributed by atoms with E-state index >= 15 is 0 Å². The van der Waals surface area contributed by atoms with Crippen molar-refractivity contribution in [2.24, 2.45) is 5.92 Å². The van der Waals surface area contributed by atoms with Gasteiger partial charge in [-0.25, -0.2) is 4.39 Å². The van der Waals surface area contributed by atoms with Gasteiger partial charge >= 0.3 is 0 Å². The Bertz CT molecular complexity index is 735. The van der Waals surface area contributed by atoms with E-state index in [0.717, 1.165) is 23.7 Å². The van der Waals surface area contributed by atoms with Crippen LogP contribution in [0.4, 0.5) is 10.1 Å². The maximum atomic E-state index is 14.1. The molecule has 140 valence electrons. The van der Waals surface area contributed by atoms with Crippen LogP contribution in [0.25, 0.3) is 0 Å². The predicted octanol–water partition coefficient (Wildman–Crippen LogP) is 6.19. The monoisotopic (exact) mass is 354 g/mol. The van der Waals surface area contributed by atoms with Gasteiger partial charge in [0.1, 0.15) is 5.82 Å². The summed E-state index contributed by atoms with van der Waals surface area (Å²) >= 11 is 0. The van der Waals surface area contributed by atoms with Gasteiger partial charge in [-0.3, -0.25) is 0 Å². The minimum absolute atomic E-state index is 0.0665. The first-order chi connectivity index (χ1) is 12.5. The van der Waals surface area contributed by atoms with Crippen molar-refractivity contribution >= 4 is 5.69 Å². The molecule has 1 aliphatic carbocycles. The van der Waals surface area contributed by atoms with Crippen molar-refractivity contribution in [3.63, 3.8) is 0 Å². The van der Waals surface area contributed by atoms with Gasteiger partial charge in [-0.1, -0.05) is 56.3 Å². The molecule has 2 N–H and O–H groups in total. The van der Waals surface area contributed by atoms with Gasteiger partial charge in [0.15, 0.2) is 0 Å². The van der Waals surface area contributed by atoms with E-state index in [0.29, 0.717) is 5.69 Å². The maximum absolute atomic E-state index is 14.1. The first-order valence-corrected chi connectivity index (χ1v) is 9.55. The highest BCUT2D eigenvalue weighted by molar-refractivity contribution is 5.52. The van der Waals surface area contributed by atoms with Crippen molar-refractivity contribution in [3.05, 3.63) is 77.2 Å². The molecule has 0 heterocycles. The zero-order valence-electron chi connectivity index (χ0n) is 16.4. The third-order valence-corrected chi connectivity index (χ3v) is 4.35. The molecule has 3 heteroatoms. The van der Waals surface area contributed by atoms with Crippen LogP contribution in [0.15, 0.2) is 54.7 Å². The molecule has 1 unspecified atom stereocenters. The number of benzene rings is 2. The fraction of sp³-hybridized carbons (Fsp3) is 0.391. The van der Waals surface area contributed by atoms with Gasteiger partial charge in [0.25, 0.3) is 0 Å². The molecule has 0 saturated heterocycles. The van der Waals surface area contributed by atoms with Crippen LogP contribution in [0, 0.1) is 18.7 Å². The number of anilines is 1. The summed E-state index contributed by atoms with van der Waals surface area (Å²) in [5, 5.41) is 6.68. The molecule has 2 nitrogen and oxygen atoms in total. The Morgan fingerprint density at radius 1 is 1.15 bits per heavy atom. The minimum Gasteiger partial charge on any atom is -0.357 e. The van der Waals surface area contributed by atoms with E-state index in [1.165, 1.54) is 30.0 Å². The highest BCUT2D eigenvalue weighted by Gasteiger charge is 2.24. The fourth-order valence-corrected chi connectivity index (χ4v) is 2.93. The maximum Gasteiger partial charge on any atom is 0.146 e. The minimum atomic E-state index is -0.257. The van der Waals surface area contributed by atoms with Crippen LogP contribution < -0.4 is 10.6 Å². The Morgan fingerprint density at radius 2 is 1.85 bits per heavy atom. The summed E-state index contributed by atoms with van der Waals surface area (Å²) in [6.45, 7) is 12.7. The summed E-state index contributed by atoms with van der Waals surface area (Å²) in [7, 11) is 0. The molecule has 26 heavy (non-hydrogen) atoms. The van der Waals surface area contributed by atoms with E-state index in [4.69, 9.17) is 0 Å². The van der Waals surface area contributed by atoms with Crippen LogP contribution in [-0.2, 0) is 0 Å². The Morgan fingerprint density at radius 3 is 2.46 bits per heavy atom. The highest BCUT2D eigenvalue weighted by Crippen LogP contribution is 2.31. The molecule has 1 aliphatic rings. The SMILES string of the molecule is C=C(C)Nc1cc(C(NCC2CC2)c2cccc(C)c2)ccc1F.CC. The molecule has 1 atom stereocenters. The van der Waals surface area contributed by atoms with E-state index in [1.54, 1.807) is 0 Å². The molecule has 0 spiro atoms. The van der Waals surface area contributed by atoms with Gasteiger partial charge in [0, 0.05) is 5.70 Å². The summed E-state index contributed by atoms with van der Waals surface area (Å²) in [6, 6.07) is 13.8. The summed E-state index contributed by atoms with van der Waals surface area (Å²) in [6.07, 6.45) is 2.61. The third kappa shape index (κ3) is 5.70. The third-order valence-electron chi connectivity index (χ3n) is 4.35. The van der Waals surface area contributed by atoms with Gasteiger partial charge in [-0.05, 0) is 62.4 Å². The van der Waals surface area contributed by atoms with E-state index in [1.807, 2.05) is 32.9 Å². The van der Waals surface area contributed by atoms with Crippen molar-refractivity contribution in [1.82, 2.24) is 5.32 Å². The summed E-state index contributed by atoms with van der Waals surface area (Å²) in [4.78, 5) is 0. The zero-order chi connectivity index (χ0) is 19.1. The quantitative estimate of drug-likeness (QED) is 0.619. The van der Waals surface area contributed by atoms with Gasteiger partial charge in [0.2, 0.25) is 0 Å². The lowest BCUT2D eigenvalue weighted by Gasteiger charge is -2.21. The molecule has 3 rings (SSSR count). The van der Waals surface area contributed by atoms with Crippen LogP contribution >= 0.6 is 0 Å². The van der Waals surface area contributed by atoms with Crippen LogP contribution in [-0.4, -0.2) is 6.54 Å². The number of nitrogens with one attached hydrogen (secondary N) is 2. The lowest BCUT2D eigenvalue weighted by Crippen LogP contribution is -2.25. The molecule has 0 bridgehead atoms. The molecular formula is C23H31FN2. The molecule has 0 amide bonds. The van der Waals surface area contributed by atoms with Gasteiger partial charge < -0.3 is 10.6 Å². The molecule has 1 fully saturated rings. The smallest absolute Gasteiger partial charge is 0.146 e. The van der Waals surface area contributed by atoms with Gasteiger partial charge in [-0.2, -0.15) is 0 Å². The van der Waals surface area contributed by atoms with E-state index in [2.05, 4.69) is 48.4 Å². The average molecular weight is 355 g/mol. The van der Waals surface area contributed by atoms with Crippen LogP contribution in [0.2, 0.25) is 0 Å². The van der Waals surface area contributed by atoms with Crippen molar-refractivity contribution in [2.75, 3.05) is 11.9 Å². The van der Waals surface area contributed by atoms with Crippen LogP contribution in [0.5, 0.6) is 0 Å². The molecule has 0 radical (unpaired) electrons. The van der Waals surface area contributed by atoms with Crippen molar-refractivity contribution in [1.29, 1.82) is 0 Å². The van der Waals surface area contributed by atoms with Gasteiger partial charge in [0.05, 0.1) is 11.7 Å². The summed E-state index contributed by atoms with van der Waals surface area (Å²) in [5.74, 6) is 0.526. The average Bonchev–Trinajstić information content (AvgIpc) is 3.44. The van der Waals surface area contributed by atoms with E-state index in [9.17, 15) is 4.39 Å². The second kappa shape index (κ2) is 9.54. The first-order valence-electron chi connectivity index (χ1n) is 9.55. The predicted molar refractivity (Wildman–Crippen MR) is 110 cm³/mol.